The van der Waals surface area contributed by atoms with E-state index in [-0.39, 0.29) is 0 Å². The monoisotopic (exact) mass is 148 g/mol. The quantitative estimate of drug-likeness (QED) is 0.609. The fourth-order valence-electron chi connectivity index (χ4n) is 1.80. The van der Waals surface area contributed by atoms with Crippen LogP contribution in [0.25, 0.3) is 0 Å². The second-order valence-corrected chi connectivity index (χ2v) is 3.16. The summed E-state index contributed by atoms with van der Waals surface area (Å²) < 4.78 is 0. The van der Waals surface area contributed by atoms with Gasteiger partial charge < -0.3 is 0 Å². The van der Waals surface area contributed by atoms with Crippen molar-refractivity contribution >= 4 is 0 Å². The van der Waals surface area contributed by atoms with Crippen molar-refractivity contribution < 1.29 is 0 Å². The summed E-state index contributed by atoms with van der Waals surface area (Å²) in [5.74, 6) is 0.769. The molecule has 58 valence electrons. The van der Waals surface area contributed by atoms with E-state index in [9.17, 15) is 0 Å². The molecule has 2 nitrogen and oxygen atoms in total. The van der Waals surface area contributed by atoms with Crippen LogP contribution in [0.15, 0.2) is 18.5 Å². The molecular formula is C9H12N2. The first kappa shape index (κ1) is 6.77. The van der Waals surface area contributed by atoms with Crippen molar-refractivity contribution in [3.8, 4) is 0 Å². The third-order valence-electron chi connectivity index (χ3n) is 2.43. The Morgan fingerprint density at radius 3 is 2.64 bits per heavy atom. The molecule has 1 saturated carbocycles. The Morgan fingerprint density at radius 1 is 1.18 bits per heavy atom. The summed E-state index contributed by atoms with van der Waals surface area (Å²) in [7, 11) is 0. The van der Waals surface area contributed by atoms with Crippen LogP contribution < -0.4 is 0 Å². The summed E-state index contributed by atoms with van der Waals surface area (Å²) in [6.45, 7) is 0. The molecule has 0 bridgehead atoms. The van der Waals surface area contributed by atoms with Gasteiger partial charge in [0.15, 0.2) is 0 Å². The predicted molar refractivity (Wildman–Crippen MR) is 43.2 cm³/mol. The van der Waals surface area contributed by atoms with Crippen molar-refractivity contribution in [3.63, 3.8) is 0 Å². The fourth-order valence-corrected chi connectivity index (χ4v) is 1.80. The van der Waals surface area contributed by atoms with Crippen LogP contribution in [-0.4, -0.2) is 10.2 Å². The lowest BCUT2D eigenvalue weighted by Gasteiger charge is -2.06. The van der Waals surface area contributed by atoms with Gasteiger partial charge in [-0.1, -0.05) is 12.8 Å². The zero-order valence-corrected chi connectivity index (χ0v) is 6.53. The van der Waals surface area contributed by atoms with Gasteiger partial charge in [0.1, 0.15) is 0 Å². The summed E-state index contributed by atoms with van der Waals surface area (Å²) in [5.41, 5.74) is 1.37. The van der Waals surface area contributed by atoms with E-state index >= 15 is 0 Å². The van der Waals surface area contributed by atoms with Gasteiger partial charge >= 0.3 is 0 Å². The highest BCUT2D eigenvalue weighted by atomic mass is 15.1. The van der Waals surface area contributed by atoms with Crippen LogP contribution >= 0.6 is 0 Å². The number of hydrogen-bond acceptors (Lipinski definition) is 2. The summed E-state index contributed by atoms with van der Waals surface area (Å²) >= 11 is 0. The number of aromatic nitrogens is 2. The van der Waals surface area contributed by atoms with E-state index in [1.54, 1.807) is 6.20 Å². The Hall–Kier alpha value is -0.920. The molecule has 0 atom stereocenters. The Morgan fingerprint density at radius 2 is 2.00 bits per heavy atom. The van der Waals surface area contributed by atoms with Gasteiger partial charge in [-0.25, -0.2) is 0 Å². The first-order chi connectivity index (χ1) is 5.47. The molecule has 2 heteroatoms. The summed E-state index contributed by atoms with van der Waals surface area (Å²) in [6.07, 6.45) is 9.13. The molecule has 1 heterocycles. The Balaban J connectivity index is 2.16. The molecule has 0 aromatic carbocycles. The number of rotatable bonds is 1. The van der Waals surface area contributed by atoms with Crippen LogP contribution in [0.1, 0.15) is 37.2 Å². The van der Waals surface area contributed by atoms with Crippen molar-refractivity contribution in [3.05, 3.63) is 24.0 Å². The molecule has 0 unspecified atom stereocenters. The minimum atomic E-state index is 0.769. The molecular weight excluding hydrogens is 136 g/mol. The van der Waals surface area contributed by atoms with Crippen LogP contribution in [0.4, 0.5) is 0 Å². The maximum atomic E-state index is 3.88. The average Bonchev–Trinajstić information content (AvgIpc) is 2.58. The van der Waals surface area contributed by atoms with Crippen molar-refractivity contribution in [1.29, 1.82) is 0 Å². The van der Waals surface area contributed by atoms with Crippen LogP contribution in [-0.2, 0) is 0 Å². The molecule has 0 saturated heterocycles. The average molecular weight is 148 g/mol. The highest BCUT2D eigenvalue weighted by molar-refractivity contribution is 5.13. The van der Waals surface area contributed by atoms with Crippen LogP contribution in [0.3, 0.4) is 0 Å². The molecule has 0 N–H and O–H groups in total. The standard InChI is InChI=1S/C9H12N2/c1-2-4-8(3-1)9-5-6-10-11-7-9/h5-8H,1-4H2. The van der Waals surface area contributed by atoms with E-state index in [1.807, 2.05) is 6.20 Å². The van der Waals surface area contributed by atoms with Gasteiger partial charge in [0.2, 0.25) is 0 Å². The van der Waals surface area contributed by atoms with Gasteiger partial charge in [0.25, 0.3) is 0 Å². The third kappa shape index (κ3) is 1.39. The van der Waals surface area contributed by atoms with E-state index < -0.39 is 0 Å². The van der Waals surface area contributed by atoms with Gasteiger partial charge in [-0.15, -0.1) is 0 Å². The Kier molecular flexibility index (Phi) is 1.84. The van der Waals surface area contributed by atoms with Crippen molar-refractivity contribution in [2.75, 3.05) is 0 Å². The van der Waals surface area contributed by atoms with E-state index in [2.05, 4.69) is 16.3 Å². The lowest BCUT2D eigenvalue weighted by Crippen LogP contribution is -1.93. The molecule has 1 aliphatic carbocycles. The molecule has 1 aromatic heterocycles. The van der Waals surface area contributed by atoms with Crippen molar-refractivity contribution in [1.82, 2.24) is 10.2 Å². The Labute approximate surface area is 66.7 Å². The topological polar surface area (TPSA) is 25.8 Å². The fraction of sp³-hybridized carbons (Fsp3) is 0.556. The molecule has 0 aliphatic heterocycles. The van der Waals surface area contributed by atoms with Gasteiger partial charge in [-0.05, 0) is 30.4 Å². The van der Waals surface area contributed by atoms with E-state index in [0.717, 1.165) is 5.92 Å². The number of nitrogens with zero attached hydrogens (tertiary/aromatic N) is 2. The second kappa shape index (κ2) is 2.99. The van der Waals surface area contributed by atoms with E-state index in [0.29, 0.717) is 0 Å². The molecule has 1 aromatic rings. The molecule has 1 fully saturated rings. The molecule has 11 heavy (non-hydrogen) atoms. The van der Waals surface area contributed by atoms with Crippen LogP contribution in [0.5, 0.6) is 0 Å². The molecule has 0 spiro atoms. The highest BCUT2D eigenvalue weighted by Crippen LogP contribution is 2.32. The third-order valence-corrected chi connectivity index (χ3v) is 2.43. The lowest BCUT2D eigenvalue weighted by atomic mass is 10.0. The normalized spacial score (nSPS) is 18.9. The molecule has 0 radical (unpaired) electrons. The van der Waals surface area contributed by atoms with Crippen LogP contribution in [0, 0.1) is 0 Å². The molecule has 2 rings (SSSR count). The maximum absolute atomic E-state index is 3.88. The van der Waals surface area contributed by atoms with Gasteiger partial charge in [0, 0.05) is 6.20 Å². The minimum absolute atomic E-state index is 0.769. The summed E-state index contributed by atoms with van der Waals surface area (Å²) in [4.78, 5) is 0. The van der Waals surface area contributed by atoms with Gasteiger partial charge in [-0.3, -0.25) is 0 Å². The first-order valence-corrected chi connectivity index (χ1v) is 4.23. The SMILES string of the molecule is c1cc(C2CCCC2)cnn1. The predicted octanol–water partition coefficient (Wildman–Crippen LogP) is 2.13. The van der Waals surface area contributed by atoms with Gasteiger partial charge in [-0.2, -0.15) is 10.2 Å². The summed E-state index contributed by atoms with van der Waals surface area (Å²) in [5, 5.41) is 7.65. The zero-order valence-electron chi connectivity index (χ0n) is 6.53. The first-order valence-electron chi connectivity index (χ1n) is 4.23. The zero-order chi connectivity index (χ0) is 7.52. The largest absolute Gasteiger partial charge is 0.159 e. The van der Waals surface area contributed by atoms with E-state index in [1.165, 1.54) is 31.2 Å². The highest BCUT2D eigenvalue weighted by Gasteiger charge is 2.16. The lowest BCUT2D eigenvalue weighted by molar-refractivity contribution is 0.714. The Bertz CT molecular complexity index is 214. The van der Waals surface area contributed by atoms with E-state index in [4.69, 9.17) is 0 Å². The summed E-state index contributed by atoms with van der Waals surface area (Å²) in [6, 6.07) is 2.09. The molecule has 0 amide bonds. The molecule has 1 aliphatic rings. The van der Waals surface area contributed by atoms with Crippen molar-refractivity contribution in [2.24, 2.45) is 0 Å². The maximum Gasteiger partial charge on any atom is 0.0531 e. The minimum Gasteiger partial charge on any atom is -0.159 e. The number of hydrogen-bond donors (Lipinski definition) is 0. The second-order valence-electron chi connectivity index (χ2n) is 3.16. The smallest absolute Gasteiger partial charge is 0.0531 e. The van der Waals surface area contributed by atoms with Crippen molar-refractivity contribution in [2.45, 2.75) is 31.6 Å². The van der Waals surface area contributed by atoms with Gasteiger partial charge in [0.05, 0.1) is 6.20 Å². The van der Waals surface area contributed by atoms with Crippen LogP contribution in [0.2, 0.25) is 0 Å².